The Labute approximate surface area is 111 Å². The van der Waals surface area contributed by atoms with Crippen molar-refractivity contribution in [2.45, 2.75) is 40.2 Å². The van der Waals surface area contributed by atoms with Crippen LogP contribution in [-0.4, -0.2) is 49.6 Å². The van der Waals surface area contributed by atoms with E-state index in [-0.39, 0.29) is 5.91 Å². The first-order valence-electron chi connectivity index (χ1n) is 7.21. The van der Waals surface area contributed by atoms with Gasteiger partial charge in [-0.2, -0.15) is 0 Å². The fraction of sp³-hybridized carbons (Fsp3) is 0.929. The van der Waals surface area contributed by atoms with Crippen molar-refractivity contribution in [3.8, 4) is 0 Å². The lowest BCUT2D eigenvalue weighted by Crippen LogP contribution is -2.40. The highest BCUT2D eigenvalue weighted by Gasteiger charge is 2.25. The Morgan fingerprint density at radius 2 is 2.00 bits per heavy atom. The Kier molecular flexibility index (Phi) is 6.65. The van der Waals surface area contributed by atoms with Crippen LogP contribution in [0.3, 0.4) is 0 Å². The summed E-state index contributed by atoms with van der Waals surface area (Å²) in [5, 5.41) is 6.25. The van der Waals surface area contributed by atoms with Crippen LogP contribution in [0.1, 0.15) is 34.1 Å². The van der Waals surface area contributed by atoms with Gasteiger partial charge in [-0.05, 0) is 24.8 Å². The molecule has 0 bridgehead atoms. The zero-order chi connectivity index (χ0) is 13.5. The van der Waals surface area contributed by atoms with E-state index in [1.165, 1.54) is 6.42 Å². The molecule has 106 valence electrons. The molecule has 18 heavy (non-hydrogen) atoms. The molecule has 1 fully saturated rings. The lowest BCUT2D eigenvalue weighted by Gasteiger charge is -2.17. The van der Waals surface area contributed by atoms with Gasteiger partial charge in [0.05, 0.1) is 6.54 Å². The Morgan fingerprint density at radius 3 is 2.56 bits per heavy atom. The predicted octanol–water partition coefficient (Wildman–Crippen LogP) is 1.08. The Balaban J connectivity index is 2.10. The molecule has 1 heterocycles. The molecule has 0 spiro atoms. The molecule has 0 radical (unpaired) electrons. The average molecular weight is 255 g/mol. The highest BCUT2D eigenvalue weighted by molar-refractivity contribution is 5.78. The second-order valence-corrected chi connectivity index (χ2v) is 5.99. The fourth-order valence-corrected chi connectivity index (χ4v) is 2.37. The van der Waals surface area contributed by atoms with E-state index in [0.717, 1.165) is 38.0 Å². The van der Waals surface area contributed by atoms with Gasteiger partial charge < -0.3 is 10.6 Å². The molecule has 4 nitrogen and oxygen atoms in total. The molecule has 1 aliphatic rings. The van der Waals surface area contributed by atoms with Crippen LogP contribution in [-0.2, 0) is 4.79 Å². The third kappa shape index (κ3) is 5.83. The van der Waals surface area contributed by atoms with Gasteiger partial charge in [0, 0.05) is 25.7 Å². The summed E-state index contributed by atoms with van der Waals surface area (Å²) in [6, 6.07) is 0.479. The summed E-state index contributed by atoms with van der Waals surface area (Å²) in [6.45, 7) is 13.0. The highest BCUT2D eigenvalue weighted by Crippen LogP contribution is 2.22. The topological polar surface area (TPSA) is 44.4 Å². The number of rotatable bonds is 7. The lowest BCUT2D eigenvalue weighted by molar-refractivity contribution is -0.122. The molecule has 1 amide bonds. The van der Waals surface area contributed by atoms with Crippen molar-refractivity contribution in [1.82, 2.24) is 15.5 Å². The van der Waals surface area contributed by atoms with Crippen molar-refractivity contribution in [2.75, 3.05) is 32.7 Å². The minimum absolute atomic E-state index is 0.157. The van der Waals surface area contributed by atoms with Crippen LogP contribution < -0.4 is 10.6 Å². The maximum atomic E-state index is 11.7. The minimum Gasteiger partial charge on any atom is -0.354 e. The quantitative estimate of drug-likeness (QED) is 0.669. The molecule has 0 aliphatic carbocycles. The number of carbonyl (C=O) groups excluding carboxylic acids is 1. The van der Waals surface area contributed by atoms with Gasteiger partial charge in [0.2, 0.25) is 5.91 Å². The number of hydrogen-bond acceptors (Lipinski definition) is 3. The molecule has 2 N–H and O–H groups in total. The first-order valence-corrected chi connectivity index (χ1v) is 7.21. The van der Waals surface area contributed by atoms with Gasteiger partial charge in [0.25, 0.3) is 0 Å². The highest BCUT2D eigenvalue weighted by atomic mass is 16.2. The van der Waals surface area contributed by atoms with Crippen LogP contribution in [0.25, 0.3) is 0 Å². The molecule has 0 aromatic carbocycles. The summed E-state index contributed by atoms with van der Waals surface area (Å²) in [6.07, 6.45) is 1.24. The minimum atomic E-state index is 0.157. The Hall–Kier alpha value is -0.610. The lowest BCUT2D eigenvalue weighted by atomic mass is 9.95. The first-order chi connectivity index (χ1) is 8.49. The van der Waals surface area contributed by atoms with E-state index in [0.29, 0.717) is 12.6 Å². The molecule has 0 aromatic heterocycles. The van der Waals surface area contributed by atoms with E-state index < -0.39 is 0 Å². The van der Waals surface area contributed by atoms with Crippen molar-refractivity contribution in [3.63, 3.8) is 0 Å². The van der Waals surface area contributed by atoms with Gasteiger partial charge >= 0.3 is 0 Å². The molecule has 1 rings (SSSR count). The van der Waals surface area contributed by atoms with Crippen LogP contribution in [0.2, 0.25) is 0 Å². The second-order valence-electron chi connectivity index (χ2n) is 5.99. The monoisotopic (exact) mass is 255 g/mol. The standard InChI is InChI=1S/C14H29N3O/c1-11(2)13-5-8-17(9-13)10-14(18)16-7-6-15-12(3)4/h11-13,15H,5-10H2,1-4H3,(H,16,18)/t13-/m0/s1. The largest absolute Gasteiger partial charge is 0.354 e. The van der Waals surface area contributed by atoms with E-state index in [4.69, 9.17) is 0 Å². The number of nitrogens with zero attached hydrogens (tertiary/aromatic N) is 1. The number of likely N-dealkylation sites (tertiary alicyclic amines) is 1. The predicted molar refractivity (Wildman–Crippen MR) is 75.5 cm³/mol. The van der Waals surface area contributed by atoms with Crippen LogP contribution in [0.15, 0.2) is 0 Å². The van der Waals surface area contributed by atoms with Gasteiger partial charge in [-0.3, -0.25) is 9.69 Å². The van der Waals surface area contributed by atoms with Crippen molar-refractivity contribution in [2.24, 2.45) is 11.8 Å². The van der Waals surface area contributed by atoms with Gasteiger partial charge in [0.15, 0.2) is 0 Å². The van der Waals surface area contributed by atoms with E-state index in [1.54, 1.807) is 0 Å². The first kappa shape index (κ1) is 15.4. The van der Waals surface area contributed by atoms with E-state index >= 15 is 0 Å². The van der Waals surface area contributed by atoms with Crippen LogP contribution in [0.5, 0.6) is 0 Å². The SMILES string of the molecule is CC(C)NCCNC(=O)CN1CC[C@H](C(C)C)C1. The van der Waals surface area contributed by atoms with Crippen molar-refractivity contribution < 1.29 is 4.79 Å². The molecule has 0 aromatic rings. The molecule has 1 aliphatic heterocycles. The second kappa shape index (κ2) is 7.74. The molecular weight excluding hydrogens is 226 g/mol. The summed E-state index contributed by atoms with van der Waals surface area (Å²) in [5.74, 6) is 1.65. The van der Waals surface area contributed by atoms with Crippen molar-refractivity contribution in [3.05, 3.63) is 0 Å². The molecule has 4 heteroatoms. The van der Waals surface area contributed by atoms with Gasteiger partial charge in [-0.15, -0.1) is 0 Å². The molecular formula is C14H29N3O. The van der Waals surface area contributed by atoms with Crippen LogP contribution >= 0.6 is 0 Å². The van der Waals surface area contributed by atoms with Crippen LogP contribution in [0.4, 0.5) is 0 Å². The fourth-order valence-electron chi connectivity index (χ4n) is 2.37. The number of amides is 1. The molecule has 1 saturated heterocycles. The smallest absolute Gasteiger partial charge is 0.234 e. The maximum Gasteiger partial charge on any atom is 0.234 e. The van der Waals surface area contributed by atoms with Crippen molar-refractivity contribution in [1.29, 1.82) is 0 Å². The number of carbonyl (C=O) groups is 1. The van der Waals surface area contributed by atoms with Gasteiger partial charge in [-0.25, -0.2) is 0 Å². The van der Waals surface area contributed by atoms with E-state index in [1.807, 2.05) is 0 Å². The summed E-state index contributed by atoms with van der Waals surface area (Å²) >= 11 is 0. The molecule has 1 atom stereocenters. The zero-order valence-corrected chi connectivity index (χ0v) is 12.3. The summed E-state index contributed by atoms with van der Waals surface area (Å²) in [4.78, 5) is 14.0. The average Bonchev–Trinajstić information content (AvgIpc) is 2.72. The summed E-state index contributed by atoms with van der Waals surface area (Å²) in [7, 11) is 0. The Morgan fingerprint density at radius 1 is 1.28 bits per heavy atom. The summed E-state index contributed by atoms with van der Waals surface area (Å²) in [5.41, 5.74) is 0. The summed E-state index contributed by atoms with van der Waals surface area (Å²) < 4.78 is 0. The van der Waals surface area contributed by atoms with E-state index in [2.05, 4.69) is 43.2 Å². The zero-order valence-electron chi connectivity index (χ0n) is 12.3. The van der Waals surface area contributed by atoms with Gasteiger partial charge in [-0.1, -0.05) is 27.7 Å². The van der Waals surface area contributed by atoms with Gasteiger partial charge in [0.1, 0.15) is 0 Å². The third-order valence-electron chi connectivity index (χ3n) is 3.62. The van der Waals surface area contributed by atoms with Crippen molar-refractivity contribution >= 4 is 5.91 Å². The number of nitrogens with one attached hydrogen (secondary N) is 2. The van der Waals surface area contributed by atoms with Crippen LogP contribution in [0, 0.1) is 11.8 Å². The maximum absolute atomic E-state index is 11.7. The normalized spacial score (nSPS) is 20.9. The molecule has 0 unspecified atom stereocenters. The van der Waals surface area contributed by atoms with E-state index in [9.17, 15) is 4.79 Å². The number of hydrogen-bond donors (Lipinski definition) is 2. The Bertz CT molecular complexity index is 253. The molecule has 0 saturated carbocycles. The third-order valence-corrected chi connectivity index (χ3v) is 3.62.